The molecular formula is C20H30N4O. The Labute approximate surface area is 151 Å². The number of rotatable bonds is 7. The molecule has 1 aromatic carbocycles. The Morgan fingerprint density at radius 1 is 1.20 bits per heavy atom. The summed E-state index contributed by atoms with van der Waals surface area (Å²) in [5.74, 6) is 0.0253. The highest BCUT2D eigenvalue weighted by Gasteiger charge is 2.15. The fourth-order valence-corrected chi connectivity index (χ4v) is 3.20. The summed E-state index contributed by atoms with van der Waals surface area (Å²) in [5.41, 5.74) is 6.73. The number of nitrogens with one attached hydrogen (secondary N) is 1. The predicted molar refractivity (Wildman–Crippen MR) is 103 cm³/mol. The van der Waals surface area contributed by atoms with Crippen LogP contribution in [0.5, 0.6) is 0 Å². The fourth-order valence-electron chi connectivity index (χ4n) is 3.20. The van der Waals surface area contributed by atoms with Gasteiger partial charge >= 0.3 is 0 Å². The molecule has 1 N–H and O–H groups in total. The smallest absolute Gasteiger partial charge is 0.238 e. The van der Waals surface area contributed by atoms with E-state index >= 15 is 0 Å². The van der Waals surface area contributed by atoms with Crippen LogP contribution in [-0.2, 0) is 31.2 Å². The van der Waals surface area contributed by atoms with Gasteiger partial charge in [0.1, 0.15) is 0 Å². The summed E-state index contributed by atoms with van der Waals surface area (Å²) in [4.78, 5) is 14.6. The fraction of sp³-hybridized carbons (Fsp3) is 0.500. The predicted octanol–water partition coefficient (Wildman–Crippen LogP) is 3.23. The third-order valence-electron chi connectivity index (χ3n) is 4.76. The van der Waals surface area contributed by atoms with Gasteiger partial charge in [-0.2, -0.15) is 5.10 Å². The van der Waals surface area contributed by atoms with Gasteiger partial charge < -0.3 is 5.32 Å². The molecule has 0 unspecified atom stereocenters. The van der Waals surface area contributed by atoms with Crippen molar-refractivity contribution in [3.63, 3.8) is 0 Å². The minimum atomic E-state index is 0.0253. The molecule has 0 aliphatic rings. The molecule has 1 heterocycles. The Balaban J connectivity index is 2.05. The monoisotopic (exact) mass is 342 g/mol. The lowest BCUT2D eigenvalue weighted by Crippen LogP contribution is -2.30. The van der Waals surface area contributed by atoms with Gasteiger partial charge in [-0.25, -0.2) is 0 Å². The molecular weight excluding hydrogens is 312 g/mol. The molecule has 5 nitrogen and oxygen atoms in total. The Morgan fingerprint density at radius 2 is 1.80 bits per heavy atom. The van der Waals surface area contributed by atoms with E-state index in [1.807, 2.05) is 30.6 Å². The molecule has 136 valence electrons. The molecule has 1 aromatic heterocycles. The van der Waals surface area contributed by atoms with Crippen molar-refractivity contribution in [2.24, 2.45) is 7.05 Å². The van der Waals surface area contributed by atoms with Crippen LogP contribution < -0.4 is 5.32 Å². The van der Waals surface area contributed by atoms with Crippen molar-refractivity contribution in [3.05, 3.63) is 46.3 Å². The maximum absolute atomic E-state index is 12.6. The first-order valence-corrected chi connectivity index (χ1v) is 8.95. The second kappa shape index (κ2) is 8.30. The zero-order valence-electron chi connectivity index (χ0n) is 16.3. The van der Waals surface area contributed by atoms with Gasteiger partial charge in [-0.05, 0) is 44.9 Å². The number of para-hydroxylation sites is 1. The number of anilines is 1. The summed E-state index contributed by atoms with van der Waals surface area (Å²) in [7, 11) is 3.92. The lowest BCUT2D eigenvalue weighted by atomic mass is 10.0. The molecule has 0 spiro atoms. The third kappa shape index (κ3) is 4.48. The molecule has 5 heteroatoms. The maximum Gasteiger partial charge on any atom is 0.238 e. The van der Waals surface area contributed by atoms with Gasteiger partial charge in [0, 0.05) is 30.5 Å². The van der Waals surface area contributed by atoms with Gasteiger partial charge in [0.2, 0.25) is 5.91 Å². The highest BCUT2D eigenvalue weighted by Crippen LogP contribution is 2.22. The van der Waals surface area contributed by atoms with Crippen LogP contribution in [0.1, 0.15) is 41.9 Å². The van der Waals surface area contributed by atoms with Crippen LogP contribution in [0, 0.1) is 13.8 Å². The van der Waals surface area contributed by atoms with E-state index in [1.165, 1.54) is 16.7 Å². The lowest BCUT2D eigenvalue weighted by Gasteiger charge is -2.19. The van der Waals surface area contributed by atoms with E-state index in [9.17, 15) is 4.79 Å². The van der Waals surface area contributed by atoms with Gasteiger partial charge in [-0.15, -0.1) is 0 Å². The zero-order chi connectivity index (χ0) is 18.6. The van der Waals surface area contributed by atoms with Crippen molar-refractivity contribution in [2.75, 3.05) is 18.9 Å². The number of aryl methyl sites for hydroxylation is 4. The number of carbonyl (C=O) groups is 1. The van der Waals surface area contributed by atoms with Crippen molar-refractivity contribution in [3.8, 4) is 0 Å². The standard InChI is InChI=1S/C20H30N4O/c1-7-16-10-9-11-17(8-2)20(16)21-19(25)13-23(5)12-18-14(3)22-24(6)15(18)4/h9-11H,7-8,12-13H2,1-6H3,(H,21,25). The molecule has 0 aliphatic heterocycles. The van der Waals surface area contributed by atoms with E-state index in [0.29, 0.717) is 6.54 Å². The quantitative estimate of drug-likeness (QED) is 0.840. The van der Waals surface area contributed by atoms with E-state index in [1.54, 1.807) is 0 Å². The number of amides is 1. The molecule has 25 heavy (non-hydrogen) atoms. The third-order valence-corrected chi connectivity index (χ3v) is 4.76. The number of carbonyl (C=O) groups excluding carboxylic acids is 1. The molecule has 0 radical (unpaired) electrons. The van der Waals surface area contributed by atoms with Gasteiger partial charge in [0.15, 0.2) is 0 Å². The molecule has 2 rings (SSSR count). The number of benzene rings is 1. The first-order valence-electron chi connectivity index (χ1n) is 8.95. The van der Waals surface area contributed by atoms with Gasteiger partial charge in [0.05, 0.1) is 12.2 Å². The minimum absolute atomic E-state index is 0.0253. The first-order chi connectivity index (χ1) is 11.9. The minimum Gasteiger partial charge on any atom is -0.324 e. The summed E-state index contributed by atoms with van der Waals surface area (Å²) in [6.07, 6.45) is 1.82. The molecule has 0 atom stereocenters. The van der Waals surface area contributed by atoms with Crippen LogP contribution in [0.3, 0.4) is 0 Å². The SMILES string of the molecule is CCc1cccc(CC)c1NC(=O)CN(C)Cc1c(C)nn(C)c1C. The highest BCUT2D eigenvalue weighted by molar-refractivity contribution is 5.93. The van der Waals surface area contributed by atoms with Gasteiger partial charge in [-0.3, -0.25) is 14.4 Å². The molecule has 0 fully saturated rings. The Hall–Kier alpha value is -2.14. The second-order valence-electron chi connectivity index (χ2n) is 6.65. The van der Waals surface area contributed by atoms with Gasteiger partial charge in [-0.1, -0.05) is 32.0 Å². The van der Waals surface area contributed by atoms with E-state index in [0.717, 1.165) is 36.5 Å². The number of hydrogen-bond acceptors (Lipinski definition) is 3. The molecule has 1 amide bonds. The van der Waals surface area contributed by atoms with Crippen molar-refractivity contribution < 1.29 is 4.79 Å². The van der Waals surface area contributed by atoms with E-state index in [2.05, 4.69) is 49.4 Å². The van der Waals surface area contributed by atoms with Crippen LogP contribution in [-0.4, -0.2) is 34.2 Å². The summed E-state index contributed by atoms with van der Waals surface area (Å²) >= 11 is 0. The molecule has 0 aliphatic carbocycles. The Bertz CT molecular complexity index is 726. The number of aromatic nitrogens is 2. The average molecular weight is 342 g/mol. The maximum atomic E-state index is 12.6. The topological polar surface area (TPSA) is 50.2 Å². The van der Waals surface area contributed by atoms with E-state index < -0.39 is 0 Å². The summed E-state index contributed by atoms with van der Waals surface area (Å²) in [6.45, 7) is 9.38. The van der Waals surface area contributed by atoms with Crippen molar-refractivity contribution in [1.82, 2.24) is 14.7 Å². The molecule has 2 aromatic rings. The molecule has 0 saturated heterocycles. The van der Waals surface area contributed by atoms with Crippen molar-refractivity contribution in [1.29, 1.82) is 0 Å². The second-order valence-corrected chi connectivity index (χ2v) is 6.65. The summed E-state index contributed by atoms with van der Waals surface area (Å²) in [6, 6.07) is 6.23. The average Bonchev–Trinajstić information content (AvgIpc) is 2.81. The van der Waals surface area contributed by atoms with Crippen LogP contribution in [0.2, 0.25) is 0 Å². The highest BCUT2D eigenvalue weighted by atomic mass is 16.2. The van der Waals surface area contributed by atoms with Crippen LogP contribution in [0.4, 0.5) is 5.69 Å². The van der Waals surface area contributed by atoms with E-state index in [-0.39, 0.29) is 5.91 Å². The Morgan fingerprint density at radius 3 is 2.28 bits per heavy atom. The van der Waals surface area contributed by atoms with Crippen LogP contribution >= 0.6 is 0 Å². The number of hydrogen-bond donors (Lipinski definition) is 1. The first kappa shape index (κ1) is 19.2. The van der Waals surface area contributed by atoms with E-state index in [4.69, 9.17) is 0 Å². The van der Waals surface area contributed by atoms with Crippen molar-refractivity contribution in [2.45, 2.75) is 47.1 Å². The van der Waals surface area contributed by atoms with Crippen LogP contribution in [0.25, 0.3) is 0 Å². The van der Waals surface area contributed by atoms with Crippen molar-refractivity contribution >= 4 is 11.6 Å². The summed E-state index contributed by atoms with van der Waals surface area (Å²) in [5, 5.41) is 7.58. The normalized spacial score (nSPS) is 11.2. The lowest BCUT2D eigenvalue weighted by molar-refractivity contribution is -0.117. The van der Waals surface area contributed by atoms with Gasteiger partial charge in [0.25, 0.3) is 0 Å². The Kier molecular flexibility index (Phi) is 6.37. The number of nitrogens with zero attached hydrogens (tertiary/aromatic N) is 3. The summed E-state index contributed by atoms with van der Waals surface area (Å²) < 4.78 is 1.89. The molecule has 0 saturated carbocycles. The largest absolute Gasteiger partial charge is 0.324 e. The molecule has 0 bridgehead atoms. The number of likely N-dealkylation sites (N-methyl/N-ethyl adjacent to an activating group) is 1. The zero-order valence-corrected chi connectivity index (χ0v) is 16.3. The van der Waals surface area contributed by atoms with Crippen LogP contribution in [0.15, 0.2) is 18.2 Å².